The highest BCUT2D eigenvalue weighted by atomic mass is 16.6. The number of allylic oxidation sites excluding steroid dienone is 1. The summed E-state index contributed by atoms with van der Waals surface area (Å²) in [7, 11) is 0. The van der Waals surface area contributed by atoms with Gasteiger partial charge < -0.3 is 40.6 Å². The van der Waals surface area contributed by atoms with E-state index >= 15 is 0 Å². The van der Waals surface area contributed by atoms with Gasteiger partial charge in [0.15, 0.2) is 0 Å². The summed E-state index contributed by atoms with van der Waals surface area (Å²) in [5.41, 5.74) is 1.64. The van der Waals surface area contributed by atoms with Gasteiger partial charge >= 0.3 is 18.2 Å². The summed E-state index contributed by atoms with van der Waals surface area (Å²) in [6.45, 7) is 8.98. The van der Waals surface area contributed by atoms with E-state index in [0.717, 1.165) is 11.1 Å². The average molecular weight is 695 g/mol. The van der Waals surface area contributed by atoms with Crippen LogP contribution in [0.2, 0.25) is 0 Å². The van der Waals surface area contributed by atoms with Crippen LogP contribution in [0.25, 0.3) is 0 Å². The maximum atomic E-state index is 13.3. The van der Waals surface area contributed by atoms with Gasteiger partial charge in [-0.3, -0.25) is 9.59 Å². The molecule has 5 N–H and O–H groups in total. The molecule has 2 aromatic carbocycles. The Hall–Kier alpha value is -5.17. The molecule has 4 amide bonds. The highest BCUT2D eigenvalue weighted by Crippen LogP contribution is 2.13. The van der Waals surface area contributed by atoms with E-state index in [2.05, 4.69) is 34.4 Å². The zero-order valence-corrected chi connectivity index (χ0v) is 28.6. The van der Waals surface area contributed by atoms with E-state index in [-0.39, 0.29) is 45.7 Å². The van der Waals surface area contributed by atoms with E-state index in [4.69, 9.17) is 14.2 Å². The van der Waals surface area contributed by atoms with Gasteiger partial charge in [-0.25, -0.2) is 14.4 Å². The smallest absolute Gasteiger partial charge is 0.408 e. The minimum atomic E-state index is -1.08. The average Bonchev–Trinajstić information content (AvgIpc) is 3.12. The SMILES string of the molecule is C=CCC(CC(=O)NC(C)CO)C(=O)NC(CCCCNC(=O)OCc1ccccc1)COC(=O)C(CC=C)NC(=O)OCc1ccccc1. The van der Waals surface area contributed by atoms with Crippen molar-refractivity contribution in [3.63, 3.8) is 0 Å². The highest BCUT2D eigenvalue weighted by molar-refractivity contribution is 5.86. The number of amides is 4. The molecular weight excluding hydrogens is 644 g/mol. The standard InChI is InChI=1S/C37H50N4O9/c1-4-14-30(22-33(43)39-27(3)23-42)34(44)40-31(20-12-13-21-38-36(46)49-24-28-16-8-6-9-17-28)26-48-35(45)32(15-5-2)41-37(47)50-25-29-18-10-7-11-19-29/h4-11,16-19,27,30-32,42H,1-2,12-15,20-26H2,3H3,(H,38,46)(H,39,43)(H,40,44)(H,41,47). The van der Waals surface area contributed by atoms with Crippen molar-refractivity contribution in [2.75, 3.05) is 19.8 Å². The molecule has 0 aliphatic carbocycles. The van der Waals surface area contributed by atoms with Gasteiger partial charge in [-0.1, -0.05) is 72.8 Å². The predicted molar refractivity (Wildman–Crippen MR) is 187 cm³/mol. The van der Waals surface area contributed by atoms with E-state index in [1.165, 1.54) is 12.2 Å². The van der Waals surface area contributed by atoms with E-state index in [1.54, 1.807) is 19.1 Å². The van der Waals surface area contributed by atoms with Crippen molar-refractivity contribution in [3.05, 3.63) is 97.1 Å². The van der Waals surface area contributed by atoms with Crippen LogP contribution in [-0.4, -0.2) is 73.0 Å². The second-order valence-electron chi connectivity index (χ2n) is 11.7. The van der Waals surface area contributed by atoms with Crippen LogP contribution in [0.3, 0.4) is 0 Å². The number of carbonyl (C=O) groups excluding carboxylic acids is 5. The number of nitrogens with one attached hydrogen (secondary N) is 4. The Balaban J connectivity index is 1.98. The number of esters is 1. The van der Waals surface area contributed by atoms with Crippen molar-refractivity contribution in [1.29, 1.82) is 0 Å². The molecule has 2 aromatic rings. The zero-order valence-electron chi connectivity index (χ0n) is 28.6. The first-order valence-corrected chi connectivity index (χ1v) is 16.7. The normalized spacial score (nSPS) is 12.9. The fraction of sp³-hybridized carbons (Fsp3) is 0.432. The van der Waals surface area contributed by atoms with E-state index < -0.39 is 54.0 Å². The Morgan fingerprint density at radius 1 is 0.780 bits per heavy atom. The van der Waals surface area contributed by atoms with Gasteiger partial charge in [0.2, 0.25) is 11.8 Å². The van der Waals surface area contributed by atoms with Crippen LogP contribution in [0, 0.1) is 5.92 Å². The number of unbranched alkanes of at least 4 members (excludes halogenated alkanes) is 1. The predicted octanol–water partition coefficient (Wildman–Crippen LogP) is 4.06. The third-order valence-electron chi connectivity index (χ3n) is 7.36. The lowest BCUT2D eigenvalue weighted by Gasteiger charge is -2.24. The monoisotopic (exact) mass is 694 g/mol. The van der Waals surface area contributed by atoms with Gasteiger partial charge in [0.1, 0.15) is 25.9 Å². The Labute approximate surface area is 293 Å². The molecule has 0 radical (unpaired) electrons. The van der Waals surface area contributed by atoms with Crippen molar-refractivity contribution in [1.82, 2.24) is 21.3 Å². The summed E-state index contributed by atoms with van der Waals surface area (Å²) in [6, 6.07) is 16.1. The summed E-state index contributed by atoms with van der Waals surface area (Å²) in [5, 5.41) is 20.0. The molecule has 0 saturated carbocycles. The van der Waals surface area contributed by atoms with Crippen molar-refractivity contribution in [3.8, 4) is 0 Å². The number of carbonyl (C=O) groups is 5. The molecule has 0 spiro atoms. The van der Waals surface area contributed by atoms with Crippen LogP contribution < -0.4 is 21.3 Å². The zero-order chi connectivity index (χ0) is 36.6. The number of hydrogen-bond acceptors (Lipinski definition) is 9. The first kappa shape index (κ1) is 41.0. The molecule has 0 heterocycles. The maximum Gasteiger partial charge on any atom is 0.408 e. The summed E-state index contributed by atoms with van der Waals surface area (Å²) in [4.78, 5) is 63.4. The van der Waals surface area contributed by atoms with Gasteiger partial charge in [-0.2, -0.15) is 0 Å². The number of hydrogen-bond donors (Lipinski definition) is 5. The lowest BCUT2D eigenvalue weighted by Crippen LogP contribution is -2.46. The molecular formula is C37H50N4O9. The molecule has 0 aliphatic heterocycles. The van der Waals surface area contributed by atoms with Gasteiger partial charge in [-0.05, 0) is 50.2 Å². The van der Waals surface area contributed by atoms with Gasteiger partial charge in [0, 0.05) is 19.0 Å². The fourth-order valence-electron chi connectivity index (χ4n) is 4.66. The largest absolute Gasteiger partial charge is 0.462 e. The van der Waals surface area contributed by atoms with Crippen LogP contribution in [0.15, 0.2) is 86.0 Å². The number of rotatable bonds is 23. The Kier molecular flexibility index (Phi) is 19.7. The summed E-state index contributed by atoms with van der Waals surface area (Å²) >= 11 is 0. The molecule has 0 fully saturated rings. The van der Waals surface area contributed by atoms with Crippen molar-refractivity contribution < 1.29 is 43.3 Å². The van der Waals surface area contributed by atoms with Crippen molar-refractivity contribution in [2.45, 2.75) is 76.8 Å². The summed E-state index contributed by atoms with van der Waals surface area (Å²) < 4.78 is 16.0. The van der Waals surface area contributed by atoms with E-state index in [0.29, 0.717) is 25.8 Å². The topological polar surface area (TPSA) is 181 Å². The minimum absolute atomic E-state index is 0.0129. The van der Waals surface area contributed by atoms with Gasteiger partial charge in [0.25, 0.3) is 0 Å². The molecule has 4 unspecified atom stereocenters. The second kappa shape index (κ2) is 24.0. The lowest BCUT2D eigenvalue weighted by molar-refractivity contribution is -0.147. The van der Waals surface area contributed by atoms with Crippen LogP contribution in [0.1, 0.15) is 56.6 Å². The third-order valence-corrected chi connectivity index (χ3v) is 7.36. The summed E-state index contributed by atoms with van der Waals surface area (Å²) in [5.74, 6) is -2.35. The molecule has 0 aromatic heterocycles. The minimum Gasteiger partial charge on any atom is -0.462 e. The van der Waals surface area contributed by atoms with Crippen LogP contribution in [0.4, 0.5) is 9.59 Å². The molecule has 0 bridgehead atoms. The molecule has 13 heteroatoms. The lowest BCUT2D eigenvalue weighted by atomic mass is 9.98. The quantitative estimate of drug-likeness (QED) is 0.0496. The number of aliphatic hydroxyl groups is 1. The molecule has 272 valence electrons. The third kappa shape index (κ3) is 17.3. The Morgan fingerprint density at radius 2 is 1.38 bits per heavy atom. The van der Waals surface area contributed by atoms with Gasteiger partial charge in [0.05, 0.1) is 18.6 Å². The van der Waals surface area contributed by atoms with Crippen LogP contribution >= 0.6 is 0 Å². The number of benzene rings is 2. The van der Waals surface area contributed by atoms with E-state index in [1.807, 2.05) is 48.5 Å². The number of alkyl carbamates (subject to hydrolysis) is 2. The molecule has 13 nitrogen and oxygen atoms in total. The van der Waals surface area contributed by atoms with Crippen molar-refractivity contribution >= 4 is 30.0 Å². The molecule has 4 atom stereocenters. The highest BCUT2D eigenvalue weighted by Gasteiger charge is 2.26. The summed E-state index contributed by atoms with van der Waals surface area (Å²) in [6.07, 6.45) is 3.21. The first-order chi connectivity index (χ1) is 24.1. The molecule has 2 rings (SSSR count). The first-order valence-electron chi connectivity index (χ1n) is 16.7. The van der Waals surface area contributed by atoms with Gasteiger partial charge in [-0.15, -0.1) is 13.2 Å². The molecule has 0 aliphatic rings. The molecule has 50 heavy (non-hydrogen) atoms. The van der Waals surface area contributed by atoms with E-state index in [9.17, 15) is 29.1 Å². The number of aliphatic hydroxyl groups excluding tert-OH is 1. The fourth-order valence-corrected chi connectivity index (χ4v) is 4.66. The maximum absolute atomic E-state index is 13.3. The second-order valence-corrected chi connectivity index (χ2v) is 11.7. The van der Waals surface area contributed by atoms with Crippen LogP contribution in [0.5, 0.6) is 0 Å². The Morgan fingerprint density at radius 3 is 1.96 bits per heavy atom. The van der Waals surface area contributed by atoms with Crippen LogP contribution in [-0.2, 0) is 41.8 Å². The Bertz CT molecular complexity index is 1360. The molecule has 0 saturated heterocycles. The number of ether oxygens (including phenoxy) is 3. The van der Waals surface area contributed by atoms with Crippen molar-refractivity contribution in [2.24, 2.45) is 5.92 Å².